The Morgan fingerprint density at radius 1 is 1.15 bits per heavy atom. The highest BCUT2D eigenvalue weighted by Gasteiger charge is 2.08. The van der Waals surface area contributed by atoms with E-state index in [-0.39, 0.29) is 0 Å². The van der Waals surface area contributed by atoms with Gasteiger partial charge in [-0.2, -0.15) is 4.99 Å². The van der Waals surface area contributed by atoms with Crippen molar-refractivity contribution in [3.05, 3.63) is 59.5 Å². The lowest BCUT2D eigenvalue weighted by molar-refractivity contribution is -0.303. The largest absolute Gasteiger partial charge is 0.548 e. The second kappa shape index (κ2) is 7.74. The molecule has 7 nitrogen and oxygen atoms in total. The maximum atomic E-state index is 12.0. The number of aryl methyl sites for hydroxylation is 1. The van der Waals surface area contributed by atoms with E-state index in [1.165, 1.54) is 0 Å². The van der Waals surface area contributed by atoms with Crippen LogP contribution in [-0.2, 0) is 4.79 Å². The highest BCUT2D eigenvalue weighted by molar-refractivity contribution is 5.83. The first-order chi connectivity index (χ1) is 13.0. The summed E-state index contributed by atoms with van der Waals surface area (Å²) in [5.74, 6) is -0.163. The van der Waals surface area contributed by atoms with E-state index in [0.717, 1.165) is 11.1 Å². The first kappa shape index (κ1) is 18.2. The van der Waals surface area contributed by atoms with Gasteiger partial charge in [-0.1, -0.05) is 11.6 Å². The number of aliphatic carboxylic acids is 1. The number of amides is 2. The molecular formula is C20H17N2O5-. The van der Waals surface area contributed by atoms with Gasteiger partial charge in [0.15, 0.2) is 0 Å². The molecule has 138 valence electrons. The molecule has 0 atom stereocenters. The molecule has 0 saturated carbocycles. The fraction of sp³-hybridized carbons (Fsp3) is 0.150. The summed E-state index contributed by atoms with van der Waals surface area (Å²) in [4.78, 5) is 26.5. The van der Waals surface area contributed by atoms with Gasteiger partial charge in [-0.3, -0.25) is 0 Å². The summed E-state index contributed by atoms with van der Waals surface area (Å²) in [5.41, 5.74) is 2.31. The monoisotopic (exact) mass is 365 g/mol. The molecule has 1 N–H and O–H groups in total. The molecule has 7 heteroatoms. The van der Waals surface area contributed by atoms with E-state index in [2.05, 4.69) is 10.3 Å². The molecule has 0 unspecified atom stereocenters. The molecule has 0 aliphatic rings. The van der Waals surface area contributed by atoms with Gasteiger partial charge in [0.05, 0.1) is 25.0 Å². The highest BCUT2D eigenvalue weighted by Crippen LogP contribution is 2.24. The molecule has 1 heterocycles. The minimum atomic E-state index is -1.39. The fourth-order valence-corrected chi connectivity index (χ4v) is 2.57. The molecular weight excluding hydrogens is 348 g/mol. The lowest BCUT2D eigenvalue weighted by atomic mass is 10.1. The third-order valence-electron chi connectivity index (χ3n) is 3.88. The molecule has 0 saturated heterocycles. The number of hydrogen-bond acceptors (Lipinski definition) is 5. The molecule has 27 heavy (non-hydrogen) atoms. The molecule has 0 fully saturated rings. The Labute approximate surface area is 154 Å². The lowest BCUT2D eigenvalue weighted by Crippen LogP contribution is -2.37. The summed E-state index contributed by atoms with van der Waals surface area (Å²) in [6.07, 6.45) is 0. The van der Waals surface area contributed by atoms with E-state index in [4.69, 9.17) is 9.15 Å². The maximum absolute atomic E-state index is 12.0. The second-order valence-corrected chi connectivity index (χ2v) is 5.87. The van der Waals surface area contributed by atoms with Crippen molar-refractivity contribution in [3.8, 4) is 17.1 Å². The Kier molecular flexibility index (Phi) is 5.21. The predicted molar refractivity (Wildman–Crippen MR) is 96.9 cm³/mol. The minimum absolute atomic E-state index is 0.376. The Balaban J connectivity index is 2.12. The quantitative estimate of drug-likeness (QED) is 0.759. The number of fused-ring (bicyclic) bond motifs is 1. The predicted octanol–water partition coefficient (Wildman–Crippen LogP) is 1.78. The molecule has 0 radical (unpaired) electrons. The second-order valence-electron chi connectivity index (χ2n) is 5.87. The van der Waals surface area contributed by atoms with E-state index in [1.54, 1.807) is 31.4 Å². The van der Waals surface area contributed by atoms with Crippen molar-refractivity contribution in [2.75, 3.05) is 13.7 Å². The Morgan fingerprint density at radius 2 is 1.89 bits per heavy atom. The average Bonchev–Trinajstić information content (AvgIpc) is 2.66. The molecule has 2 amide bonds. The van der Waals surface area contributed by atoms with Crippen LogP contribution in [0.15, 0.2) is 57.9 Å². The summed E-state index contributed by atoms with van der Waals surface area (Å²) < 4.78 is 11.1. The maximum Gasteiger partial charge on any atom is 0.341 e. The molecule has 3 rings (SSSR count). The Bertz CT molecular complexity index is 1070. The molecule has 0 bridgehead atoms. The third kappa shape index (κ3) is 4.33. The van der Waals surface area contributed by atoms with Crippen LogP contribution in [0.4, 0.5) is 4.79 Å². The van der Waals surface area contributed by atoms with Gasteiger partial charge < -0.3 is 24.4 Å². The van der Waals surface area contributed by atoms with Crippen molar-refractivity contribution >= 4 is 23.0 Å². The first-order valence-electron chi connectivity index (χ1n) is 8.17. The summed E-state index contributed by atoms with van der Waals surface area (Å²) in [6, 6.07) is 13.7. The van der Waals surface area contributed by atoms with Gasteiger partial charge in [0, 0.05) is 17.0 Å². The number of carbonyl (C=O) groups excluding carboxylic acids is 2. The zero-order valence-electron chi connectivity index (χ0n) is 14.8. The van der Waals surface area contributed by atoms with Gasteiger partial charge in [0.2, 0.25) is 0 Å². The van der Waals surface area contributed by atoms with Crippen LogP contribution in [0.1, 0.15) is 5.56 Å². The number of carboxylic acid groups (broad SMARTS) is 1. The van der Waals surface area contributed by atoms with Crippen molar-refractivity contribution < 1.29 is 23.8 Å². The number of rotatable bonds is 4. The smallest absolute Gasteiger partial charge is 0.341 e. The van der Waals surface area contributed by atoms with Gasteiger partial charge in [-0.05, 0) is 43.3 Å². The lowest BCUT2D eigenvalue weighted by Gasteiger charge is -2.07. The average molecular weight is 365 g/mol. The molecule has 0 aliphatic carbocycles. The minimum Gasteiger partial charge on any atom is -0.548 e. The van der Waals surface area contributed by atoms with Crippen LogP contribution in [0.5, 0.6) is 5.75 Å². The molecule has 1 aromatic heterocycles. The summed E-state index contributed by atoms with van der Waals surface area (Å²) in [7, 11) is 1.58. The number of hydrogen-bond donors (Lipinski definition) is 1. The third-order valence-corrected chi connectivity index (χ3v) is 3.88. The number of nitrogens with zero attached hydrogens (tertiary/aromatic N) is 1. The van der Waals surface area contributed by atoms with E-state index in [1.807, 2.05) is 31.2 Å². The molecule has 3 aromatic rings. The normalized spacial score (nSPS) is 11.4. The van der Waals surface area contributed by atoms with Gasteiger partial charge >= 0.3 is 6.03 Å². The Hall–Kier alpha value is -3.61. The van der Waals surface area contributed by atoms with E-state index in [9.17, 15) is 14.7 Å². The number of carbonyl (C=O) groups is 2. The first-order valence-corrected chi connectivity index (χ1v) is 8.17. The summed E-state index contributed by atoms with van der Waals surface area (Å²) in [5, 5.41) is 13.7. The van der Waals surface area contributed by atoms with Crippen molar-refractivity contribution in [1.29, 1.82) is 0 Å². The molecule has 2 aromatic carbocycles. The number of methoxy groups -OCH3 is 1. The number of ether oxygens (including phenoxy) is 1. The van der Waals surface area contributed by atoms with Crippen LogP contribution in [0, 0.1) is 6.92 Å². The summed E-state index contributed by atoms with van der Waals surface area (Å²) >= 11 is 0. The number of carboxylic acids is 1. The Morgan fingerprint density at radius 3 is 2.56 bits per heavy atom. The van der Waals surface area contributed by atoms with Gasteiger partial charge in [0.1, 0.15) is 17.1 Å². The zero-order valence-corrected chi connectivity index (χ0v) is 14.8. The van der Waals surface area contributed by atoms with Crippen molar-refractivity contribution in [2.24, 2.45) is 4.99 Å². The SMILES string of the molecule is COc1ccc(-c2cc(=NC(=O)NCC(=O)[O-])c3cc(C)ccc3o2)cc1. The van der Waals surface area contributed by atoms with Gasteiger partial charge in [-0.15, -0.1) is 0 Å². The zero-order chi connectivity index (χ0) is 19.4. The number of benzene rings is 2. The van der Waals surface area contributed by atoms with E-state index in [0.29, 0.717) is 27.8 Å². The summed E-state index contributed by atoms with van der Waals surface area (Å²) in [6.45, 7) is 1.30. The molecule has 0 aliphatic heterocycles. The molecule has 0 spiro atoms. The van der Waals surface area contributed by atoms with Crippen LogP contribution in [0.25, 0.3) is 22.3 Å². The van der Waals surface area contributed by atoms with Crippen LogP contribution in [0.2, 0.25) is 0 Å². The number of nitrogens with one attached hydrogen (secondary N) is 1. The topological polar surface area (TPSA) is 104 Å². The number of urea groups is 1. The van der Waals surface area contributed by atoms with Crippen molar-refractivity contribution in [1.82, 2.24) is 5.32 Å². The van der Waals surface area contributed by atoms with E-state index < -0.39 is 18.5 Å². The van der Waals surface area contributed by atoms with Crippen molar-refractivity contribution in [2.45, 2.75) is 6.92 Å². The van der Waals surface area contributed by atoms with Crippen LogP contribution in [-0.4, -0.2) is 25.7 Å². The van der Waals surface area contributed by atoms with Crippen LogP contribution in [0.3, 0.4) is 0 Å². The van der Waals surface area contributed by atoms with Crippen LogP contribution < -0.4 is 20.5 Å². The van der Waals surface area contributed by atoms with Gasteiger partial charge in [-0.25, -0.2) is 4.79 Å². The fourth-order valence-electron chi connectivity index (χ4n) is 2.57. The van der Waals surface area contributed by atoms with E-state index >= 15 is 0 Å². The van der Waals surface area contributed by atoms with Crippen molar-refractivity contribution in [3.63, 3.8) is 0 Å². The van der Waals surface area contributed by atoms with Gasteiger partial charge in [0.25, 0.3) is 0 Å². The van der Waals surface area contributed by atoms with Crippen LogP contribution >= 0.6 is 0 Å². The highest BCUT2D eigenvalue weighted by atomic mass is 16.5. The standard InChI is InChI=1S/C20H18N2O5/c1-12-3-8-17-15(9-12)16(22-20(25)21-11-19(23)24)10-18(27-17)13-4-6-14(26-2)7-5-13/h3-10H,11H2,1-2H3,(H,21,25)(H,23,24)/p-1.